The van der Waals surface area contributed by atoms with Gasteiger partial charge in [0, 0.05) is 22.8 Å². The lowest BCUT2D eigenvalue weighted by Gasteiger charge is -2.05. The lowest BCUT2D eigenvalue weighted by atomic mass is 10.1. The summed E-state index contributed by atoms with van der Waals surface area (Å²) in [4.78, 5) is 15.4. The van der Waals surface area contributed by atoms with Crippen LogP contribution in [0.5, 0.6) is 0 Å². The number of nitriles is 1. The quantitative estimate of drug-likeness (QED) is 0.774. The molecule has 108 valence electrons. The van der Waals surface area contributed by atoms with E-state index in [-0.39, 0.29) is 5.91 Å². The van der Waals surface area contributed by atoms with Gasteiger partial charge in [-0.1, -0.05) is 18.2 Å². The standard InChI is InChI=1S/C18H15N3O/c1-12-5-6-16-14(11-20-17(16)7-12)9-18(22)21-15-4-2-3-13(8-15)10-19/h2-8,11,20H,9H2,1H3,(H,21,22). The van der Waals surface area contributed by atoms with Gasteiger partial charge in [-0.25, -0.2) is 0 Å². The Bertz CT molecular complexity index is 887. The largest absolute Gasteiger partial charge is 0.361 e. The third kappa shape index (κ3) is 2.84. The Balaban J connectivity index is 1.77. The molecule has 0 atom stereocenters. The molecule has 0 saturated heterocycles. The van der Waals surface area contributed by atoms with E-state index in [2.05, 4.69) is 22.4 Å². The number of aromatic nitrogens is 1. The third-order valence-corrected chi connectivity index (χ3v) is 3.55. The number of rotatable bonds is 3. The summed E-state index contributed by atoms with van der Waals surface area (Å²) in [5.41, 5.74) is 4.34. The molecule has 3 aromatic rings. The van der Waals surface area contributed by atoms with E-state index in [4.69, 9.17) is 5.26 Å². The summed E-state index contributed by atoms with van der Waals surface area (Å²) < 4.78 is 0. The normalized spacial score (nSPS) is 10.4. The number of benzene rings is 2. The van der Waals surface area contributed by atoms with Gasteiger partial charge in [-0.2, -0.15) is 5.26 Å². The van der Waals surface area contributed by atoms with Crippen molar-refractivity contribution in [2.75, 3.05) is 5.32 Å². The lowest BCUT2D eigenvalue weighted by Crippen LogP contribution is -2.14. The maximum Gasteiger partial charge on any atom is 0.228 e. The van der Waals surface area contributed by atoms with E-state index in [9.17, 15) is 4.79 Å². The van der Waals surface area contributed by atoms with Crippen LogP contribution in [0.25, 0.3) is 10.9 Å². The van der Waals surface area contributed by atoms with Crippen LogP contribution in [0.15, 0.2) is 48.7 Å². The van der Waals surface area contributed by atoms with Gasteiger partial charge in [-0.15, -0.1) is 0 Å². The second-order valence-corrected chi connectivity index (χ2v) is 5.28. The van der Waals surface area contributed by atoms with E-state index < -0.39 is 0 Å². The molecule has 1 aromatic heterocycles. The van der Waals surface area contributed by atoms with Gasteiger partial charge >= 0.3 is 0 Å². The minimum Gasteiger partial charge on any atom is -0.361 e. The molecule has 0 bridgehead atoms. The highest BCUT2D eigenvalue weighted by atomic mass is 16.1. The topological polar surface area (TPSA) is 68.7 Å². The number of nitrogens with one attached hydrogen (secondary N) is 2. The molecule has 0 radical (unpaired) electrons. The van der Waals surface area contributed by atoms with Gasteiger partial charge in [-0.3, -0.25) is 4.79 Å². The molecule has 1 heterocycles. The molecule has 2 aromatic carbocycles. The maximum atomic E-state index is 12.2. The van der Waals surface area contributed by atoms with Crippen LogP contribution in [0.3, 0.4) is 0 Å². The van der Waals surface area contributed by atoms with Crippen LogP contribution in [0, 0.1) is 18.3 Å². The number of hydrogen-bond acceptors (Lipinski definition) is 2. The molecule has 0 spiro atoms. The Hall–Kier alpha value is -3.06. The average Bonchev–Trinajstić information content (AvgIpc) is 2.89. The summed E-state index contributed by atoms with van der Waals surface area (Å²) in [6.45, 7) is 2.04. The van der Waals surface area contributed by atoms with Crippen molar-refractivity contribution in [2.45, 2.75) is 13.3 Å². The highest BCUT2D eigenvalue weighted by molar-refractivity contribution is 5.96. The van der Waals surface area contributed by atoms with Crippen molar-refractivity contribution in [1.29, 1.82) is 5.26 Å². The van der Waals surface area contributed by atoms with Crippen LogP contribution in [-0.2, 0) is 11.2 Å². The Labute approximate surface area is 128 Å². The highest BCUT2D eigenvalue weighted by Crippen LogP contribution is 2.20. The maximum absolute atomic E-state index is 12.2. The fourth-order valence-corrected chi connectivity index (χ4v) is 2.49. The van der Waals surface area contributed by atoms with Gasteiger partial charge < -0.3 is 10.3 Å². The zero-order valence-electron chi connectivity index (χ0n) is 12.2. The monoisotopic (exact) mass is 289 g/mol. The number of hydrogen-bond donors (Lipinski definition) is 2. The van der Waals surface area contributed by atoms with Crippen molar-refractivity contribution < 1.29 is 4.79 Å². The molecule has 4 heteroatoms. The highest BCUT2D eigenvalue weighted by Gasteiger charge is 2.09. The van der Waals surface area contributed by atoms with Crippen LogP contribution in [0.4, 0.5) is 5.69 Å². The number of anilines is 1. The smallest absolute Gasteiger partial charge is 0.228 e. The molecule has 0 aliphatic heterocycles. The number of fused-ring (bicyclic) bond motifs is 1. The predicted octanol–water partition coefficient (Wildman–Crippen LogP) is 3.53. The number of aryl methyl sites for hydroxylation is 1. The predicted molar refractivity (Wildman–Crippen MR) is 86.5 cm³/mol. The fourth-order valence-electron chi connectivity index (χ4n) is 2.49. The molecule has 22 heavy (non-hydrogen) atoms. The summed E-state index contributed by atoms with van der Waals surface area (Å²) in [7, 11) is 0. The summed E-state index contributed by atoms with van der Waals surface area (Å²) in [6.07, 6.45) is 2.16. The van der Waals surface area contributed by atoms with Crippen molar-refractivity contribution in [3.8, 4) is 6.07 Å². The van der Waals surface area contributed by atoms with Gasteiger partial charge in [0.1, 0.15) is 0 Å². The Kier molecular flexibility index (Phi) is 3.63. The summed E-state index contributed by atoms with van der Waals surface area (Å²) in [5, 5.41) is 12.8. The number of nitrogens with zero attached hydrogens (tertiary/aromatic N) is 1. The average molecular weight is 289 g/mol. The molecule has 0 saturated carbocycles. The summed E-state index contributed by atoms with van der Waals surface area (Å²) in [5.74, 6) is -0.100. The Morgan fingerprint density at radius 2 is 2.14 bits per heavy atom. The van der Waals surface area contributed by atoms with Crippen LogP contribution in [-0.4, -0.2) is 10.9 Å². The minimum absolute atomic E-state index is 0.100. The zero-order chi connectivity index (χ0) is 15.5. The van der Waals surface area contributed by atoms with E-state index in [1.54, 1.807) is 24.3 Å². The van der Waals surface area contributed by atoms with E-state index in [0.29, 0.717) is 17.7 Å². The SMILES string of the molecule is Cc1ccc2c(CC(=O)Nc3cccc(C#N)c3)c[nH]c2c1. The van der Waals surface area contributed by atoms with Crippen molar-refractivity contribution in [2.24, 2.45) is 0 Å². The first kappa shape index (κ1) is 13.9. The molecule has 0 aliphatic rings. The van der Waals surface area contributed by atoms with E-state index in [1.165, 1.54) is 5.56 Å². The van der Waals surface area contributed by atoms with Crippen molar-refractivity contribution in [1.82, 2.24) is 4.98 Å². The van der Waals surface area contributed by atoms with Gasteiger partial charge in [-0.05, 0) is 42.3 Å². The first-order chi connectivity index (χ1) is 10.7. The van der Waals surface area contributed by atoms with Crippen molar-refractivity contribution in [3.63, 3.8) is 0 Å². The van der Waals surface area contributed by atoms with E-state index in [0.717, 1.165) is 16.5 Å². The molecular formula is C18H15N3O. The number of amides is 1. The number of carbonyl (C=O) groups excluding carboxylic acids is 1. The van der Waals surface area contributed by atoms with E-state index >= 15 is 0 Å². The minimum atomic E-state index is -0.100. The summed E-state index contributed by atoms with van der Waals surface area (Å²) >= 11 is 0. The Morgan fingerprint density at radius 1 is 1.27 bits per heavy atom. The van der Waals surface area contributed by atoms with Crippen LogP contribution in [0.2, 0.25) is 0 Å². The van der Waals surface area contributed by atoms with Crippen LogP contribution in [0.1, 0.15) is 16.7 Å². The lowest BCUT2D eigenvalue weighted by molar-refractivity contribution is -0.115. The third-order valence-electron chi connectivity index (χ3n) is 3.55. The van der Waals surface area contributed by atoms with Crippen molar-refractivity contribution >= 4 is 22.5 Å². The van der Waals surface area contributed by atoms with Gasteiger partial charge in [0.15, 0.2) is 0 Å². The molecule has 1 amide bonds. The fraction of sp³-hybridized carbons (Fsp3) is 0.111. The van der Waals surface area contributed by atoms with Crippen LogP contribution >= 0.6 is 0 Å². The number of carbonyl (C=O) groups is 1. The molecule has 0 fully saturated rings. The Morgan fingerprint density at radius 3 is 2.95 bits per heavy atom. The first-order valence-corrected chi connectivity index (χ1v) is 7.02. The molecule has 3 rings (SSSR count). The van der Waals surface area contributed by atoms with Crippen LogP contribution < -0.4 is 5.32 Å². The molecule has 0 unspecified atom stereocenters. The first-order valence-electron chi connectivity index (χ1n) is 7.02. The molecule has 2 N–H and O–H groups in total. The molecule has 4 nitrogen and oxygen atoms in total. The van der Waals surface area contributed by atoms with Gasteiger partial charge in [0.2, 0.25) is 5.91 Å². The zero-order valence-corrected chi connectivity index (χ0v) is 12.2. The molecule has 0 aliphatic carbocycles. The number of H-pyrrole nitrogens is 1. The summed E-state index contributed by atoms with van der Waals surface area (Å²) in [6, 6.07) is 15.1. The van der Waals surface area contributed by atoms with Gasteiger partial charge in [0.25, 0.3) is 0 Å². The van der Waals surface area contributed by atoms with E-state index in [1.807, 2.05) is 25.3 Å². The van der Waals surface area contributed by atoms with Crippen molar-refractivity contribution in [3.05, 3.63) is 65.4 Å². The second kappa shape index (κ2) is 5.74. The number of aromatic amines is 1. The molecular weight excluding hydrogens is 274 g/mol. The van der Waals surface area contributed by atoms with Gasteiger partial charge in [0.05, 0.1) is 18.1 Å². The second-order valence-electron chi connectivity index (χ2n) is 5.28.